The van der Waals surface area contributed by atoms with Crippen LogP contribution in [0.25, 0.3) is 0 Å². The van der Waals surface area contributed by atoms with Crippen LogP contribution in [0.2, 0.25) is 0 Å². The highest BCUT2D eigenvalue weighted by Gasteiger charge is 2.34. The predicted octanol–water partition coefficient (Wildman–Crippen LogP) is 3.01. The Bertz CT molecular complexity index is 507. The number of hydrogen-bond acceptors (Lipinski definition) is 2. The molecule has 0 atom stereocenters. The summed E-state index contributed by atoms with van der Waals surface area (Å²) < 4.78 is 39.1. The molecule has 1 saturated carbocycles. The molecule has 0 aliphatic heterocycles. The van der Waals surface area contributed by atoms with Crippen molar-refractivity contribution in [3.63, 3.8) is 0 Å². The molecule has 1 aliphatic rings. The molecule has 2 rings (SSSR count). The lowest BCUT2D eigenvalue weighted by Gasteiger charge is -2.15. The average molecular weight is 334 g/mol. The highest BCUT2D eigenvalue weighted by Crippen LogP contribution is 2.28. The molecule has 0 aromatic carbocycles. The first-order chi connectivity index (χ1) is 10.4. The minimum absolute atomic E-state index is 0.432. The number of nitrogens with zero attached hydrogens (tertiary/aromatic N) is 2. The molecule has 0 bridgehead atoms. The highest BCUT2D eigenvalue weighted by atomic mass is 32.1. The van der Waals surface area contributed by atoms with Gasteiger partial charge in [0.25, 0.3) is 0 Å². The maximum atomic E-state index is 12.6. The summed E-state index contributed by atoms with van der Waals surface area (Å²) in [4.78, 5) is 0. The van der Waals surface area contributed by atoms with Gasteiger partial charge in [-0.3, -0.25) is 4.68 Å². The fraction of sp³-hybridized carbons (Fsp3) is 0.714. The maximum Gasteiger partial charge on any atom is 0.435 e. The standard InChI is InChI=1S/C14H21F3N4S/c1-10-9-12(14(15,16)17)20-21(10)8-4-7-18-13(22)19-11-5-2-3-6-11/h9,11H,2-8H2,1H3,(H2,18,19,22). The third-order valence-corrected chi connectivity index (χ3v) is 4.06. The number of rotatable bonds is 5. The van der Waals surface area contributed by atoms with Crippen LogP contribution in [0.15, 0.2) is 6.07 Å². The van der Waals surface area contributed by atoms with Gasteiger partial charge in [0.1, 0.15) is 0 Å². The largest absolute Gasteiger partial charge is 0.435 e. The zero-order valence-corrected chi connectivity index (χ0v) is 13.4. The molecule has 124 valence electrons. The summed E-state index contributed by atoms with van der Waals surface area (Å²) in [6.07, 6.45) is 1.04. The number of halogens is 3. The van der Waals surface area contributed by atoms with Crippen molar-refractivity contribution in [1.29, 1.82) is 0 Å². The Balaban J connectivity index is 1.70. The van der Waals surface area contributed by atoms with Gasteiger partial charge in [-0.15, -0.1) is 0 Å². The Morgan fingerprint density at radius 1 is 1.41 bits per heavy atom. The summed E-state index contributed by atoms with van der Waals surface area (Å²) in [5, 5.41) is 10.6. The van der Waals surface area contributed by atoms with Crippen LogP contribution >= 0.6 is 12.2 Å². The Hall–Kier alpha value is -1.31. The third-order valence-electron chi connectivity index (χ3n) is 3.79. The van der Waals surface area contributed by atoms with Crippen LogP contribution in [0, 0.1) is 6.92 Å². The Labute approximate surface area is 133 Å². The van der Waals surface area contributed by atoms with Gasteiger partial charge >= 0.3 is 6.18 Å². The Morgan fingerprint density at radius 2 is 2.09 bits per heavy atom. The van der Waals surface area contributed by atoms with E-state index in [1.54, 1.807) is 6.92 Å². The minimum Gasteiger partial charge on any atom is -0.363 e. The van der Waals surface area contributed by atoms with Gasteiger partial charge in [0.15, 0.2) is 10.8 Å². The van der Waals surface area contributed by atoms with Crippen molar-refractivity contribution in [3.05, 3.63) is 17.5 Å². The van der Waals surface area contributed by atoms with Crippen molar-refractivity contribution >= 4 is 17.3 Å². The van der Waals surface area contributed by atoms with E-state index in [4.69, 9.17) is 12.2 Å². The summed E-state index contributed by atoms with van der Waals surface area (Å²) in [7, 11) is 0. The van der Waals surface area contributed by atoms with Gasteiger partial charge in [-0.2, -0.15) is 18.3 Å². The number of alkyl halides is 3. The second-order valence-electron chi connectivity index (χ2n) is 5.63. The van der Waals surface area contributed by atoms with Crippen molar-refractivity contribution in [2.75, 3.05) is 6.54 Å². The number of thiocarbonyl (C=S) groups is 1. The molecule has 2 N–H and O–H groups in total. The van der Waals surface area contributed by atoms with E-state index in [0.717, 1.165) is 18.9 Å². The van der Waals surface area contributed by atoms with Gasteiger partial charge < -0.3 is 10.6 Å². The van der Waals surface area contributed by atoms with Gasteiger partial charge in [-0.05, 0) is 44.5 Å². The van der Waals surface area contributed by atoms with Crippen molar-refractivity contribution in [2.24, 2.45) is 0 Å². The van der Waals surface area contributed by atoms with Gasteiger partial charge in [0.2, 0.25) is 0 Å². The normalized spacial score (nSPS) is 16.0. The van der Waals surface area contributed by atoms with Crippen molar-refractivity contribution in [1.82, 2.24) is 20.4 Å². The van der Waals surface area contributed by atoms with E-state index in [1.165, 1.54) is 17.5 Å². The van der Waals surface area contributed by atoms with Crippen molar-refractivity contribution in [3.8, 4) is 0 Å². The molecule has 1 aliphatic carbocycles. The molecule has 0 amide bonds. The van der Waals surface area contributed by atoms with E-state index in [1.807, 2.05) is 0 Å². The molecule has 0 saturated heterocycles. The number of nitrogens with one attached hydrogen (secondary N) is 2. The summed E-state index contributed by atoms with van der Waals surface area (Å²) >= 11 is 5.21. The molecule has 22 heavy (non-hydrogen) atoms. The van der Waals surface area contributed by atoms with E-state index in [-0.39, 0.29) is 0 Å². The fourth-order valence-corrected chi connectivity index (χ4v) is 2.88. The smallest absolute Gasteiger partial charge is 0.363 e. The van der Waals surface area contributed by atoms with Crippen LogP contribution < -0.4 is 10.6 Å². The zero-order valence-electron chi connectivity index (χ0n) is 12.5. The molecule has 1 heterocycles. The van der Waals surface area contributed by atoms with E-state index in [2.05, 4.69) is 15.7 Å². The number of aromatic nitrogens is 2. The predicted molar refractivity (Wildman–Crippen MR) is 82.6 cm³/mol. The second-order valence-corrected chi connectivity index (χ2v) is 6.04. The first-order valence-electron chi connectivity index (χ1n) is 7.52. The number of hydrogen-bond donors (Lipinski definition) is 2. The number of aryl methyl sites for hydroxylation is 2. The molecule has 8 heteroatoms. The van der Waals surface area contributed by atoms with Crippen molar-refractivity contribution in [2.45, 2.75) is 57.8 Å². The van der Waals surface area contributed by atoms with Gasteiger partial charge in [-0.25, -0.2) is 0 Å². The molecule has 0 unspecified atom stereocenters. The average Bonchev–Trinajstić information content (AvgIpc) is 3.04. The molecule has 4 nitrogen and oxygen atoms in total. The first kappa shape index (κ1) is 17.1. The van der Waals surface area contributed by atoms with Crippen LogP contribution in [0.1, 0.15) is 43.5 Å². The van der Waals surface area contributed by atoms with E-state index in [0.29, 0.717) is 36.4 Å². The molecule has 1 aromatic heterocycles. The molecule has 0 radical (unpaired) electrons. The van der Waals surface area contributed by atoms with E-state index in [9.17, 15) is 13.2 Å². The zero-order chi connectivity index (χ0) is 16.2. The van der Waals surface area contributed by atoms with Gasteiger partial charge in [0.05, 0.1) is 0 Å². The lowest BCUT2D eigenvalue weighted by atomic mass is 10.3. The molecule has 1 fully saturated rings. The lowest BCUT2D eigenvalue weighted by Crippen LogP contribution is -2.41. The van der Waals surface area contributed by atoms with Gasteiger partial charge in [0, 0.05) is 24.8 Å². The van der Waals surface area contributed by atoms with Crippen molar-refractivity contribution < 1.29 is 13.2 Å². The Kier molecular flexibility index (Phi) is 5.66. The fourth-order valence-electron chi connectivity index (χ4n) is 2.61. The SMILES string of the molecule is Cc1cc(C(F)(F)F)nn1CCCNC(=S)NC1CCCC1. The molecular formula is C14H21F3N4S. The molecular weight excluding hydrogens is 313 g/mol. The third kappa shape index (κ3) is 4.86. The topological polar surface area (TPSA) is 41.9 Å². The summed E-state index contributed by atoms with van der Waals surface area (Å²) in [6, 6.07) is 1.53. The monoisotopic (exact) mass is 334 g/mol. The minimum atomic E-state index is -4.39. The van der Waals surface area contributed by atoms with Crippen LogP contribution in [0.3, 0.4) is 0 Å². The quantitative estimate of drug-likeness (QED) is 0.642. The summed E-state index contributed by atoms with van der Waals surface area (Å²) in [5.74, 6) is 0. The van der Waals surface area contributed by atoms with Crippen LogP contribution in [-0.4, -0.2) is 27.5 Å². The Morgan fingerprint density at radius 3 is 2.68 bits per heavy atom. The first-order valence-corrected chi connectivity index (χ1v) is 7.93. The maximum absolute atomic E-state index is 12.6. The molecule has 1 aromatic rings. The van der Waals surface area contributed by atoms with Gasteiger partial charge in [-0.1, -0.05) is 12.8 Å². The summed E-state index contributed by atoms with van der Waals surface area (Å²) in [5.41, 5.74) is -0.324. The second kappa shape index (κ2) is 7.30. The van der Waals surface area contributed by atoms with Crippen LogP contribution in [0.4, 0.5) is 13.2 Å². The van der Waals surface area contributed by atoms with Crippen LogP contribution in [-0.2, 0) is 12.7 Å². The van der Waals surface area contributed by atoms with E-state index < -0.39 is 11.9 Å². The van der Waals surface area contributed by atoms with Crippen LogP contribution in [0.5, 0.6) is 0 Å². The highest BCUT2D eigenvalue weighted by molar-refractivity contribution is 7.80. The molecule has 0 spiro atoms. The lowest BCUT2D eigenvalue weighted by molar-refractivity contribution is -0.141. The summed E-state index contributed by atoms with van der Waals surface area (Å²) in [6.45, 7) is 2.67. The van der Waals surface area contributed by atoms with E-state index >= 15 is 0 Å².